The van der Waals surface area contributed by atoms with E-state index in [1.54, 1.807) is 7.05 Å². The van der Waals surface area contributed by atoms with Crippen LogP contribution in [0.3, 0.4) is 0 Å². The topological polar surface area (TPSA) is 59.2 Å². The van der Waals surface area contributed by atoms with Gasteiger partial charge < -0.3 is 9.42 Å². The van der Waals surface area contributed by atoms with Gasteiger partial charge in [0.2, 0.25) is 5.82 Å². The first-order valence-corrected chi connectivity index (χ1v) is 7.20. The molecule has 0 radical (unpaired) electrons. The number of halogens is 4. The van der Waals surface area contributed by atoms with Crippen LogP contribution < -0.4 is 0 Å². The van der Waals surface area contributed by atoms with Gasteiger partial charge in [-0.05, 0) is 18.6 Å². The van der Waals surface area contributed by atoms with Crippen LogP contribution >= 0.6 is 0 Å². The third-order valence-corrected chi connectivity index (χ3v) is 3.32. The number of carbonyl (C=O) groups excluding carboxylic acids is 1. The predicted molar refractivity (Wildman–Crippen MR) is 76.6 cm³/mol. The standard InChI is InChI=1S/C15H15F4N3O2/c1-3-4-7-22(2)13(23)10-6-5-9(8-11(10)16)12-20-14(24-21-12)15(17,18)19/h5-6,8H,3-4,7H2,1-2H3. The Hall–Kier alpha value is -2.45. The maximum absolute atomic E-state index is 14.2. The van der Waals surface area contributed by atoms with Crippen LogP contribution in [0.1, 0.15) is 36.0 Å². The second-order valence-electron chi connectivity index (χ2n) is 5.20. The van der Waals surface area contributed by atoms with Crippen molar-refractivity contribution in [3.63, 3.8) is 0 Å². The molecule has 0 bridgehead atoms. The van der Waals surface area contributed by atoms with E-state index in [-0.39, 0.29) is 11.1 Å². The first kappa shape index (κ1) is 17.9. The summed E-state index contributed by atoms with van der Waals surface area (Å²) in [5.74, 6) is -3.28. The number of benzene rings is 1. The van der Waals surface area contributed by atoms with Crippen molar-refractivity contribution < 1.29 is 26.9 Å². The summed E-state index contributed by atoms with van der Waals surface area (Å²) in [6.45, 7) is 2.45. The zero-order chi connectivity index (χ0) is 17.9. The van der Waals surface area contributed by atoms with Crippen molar-refractivity contribution in [3.05, 3.63) is 35.5 Å². The number of rotatable bonds is 5. The van der Waals surface area contributed by atoms with E-state index >= 15 is 0 Å². The zero-order valence-corrected chi connectivity index (χ0v) is 13.0. The van der Waals surface area contributed by atoms with Crippen molar-refractivity contribution >= 4 is 5.91 Å². The third-order valence-electron chi connectivity index (χ3n) is 3.32. The molecule has 130 valence electrons. The summed E-state index contributed by atoms with van der Waals surface area (Å²) in [7, 11) is 1.56. The van der Waals surface area contributed by atoms with Gasteiger partial charge in [-0.3, -0.25) is 4.79 Å². The fourth-order valence-electron chi connectivity index (χ4n) is 1.99. The predicted octanol–water partition coefficient (Wildman–Crippen LogP) is 3.77. The summed E-state index contributed by atoms with van der Waals surface area (Å²) in [6.07, 6.45) is -3.11. The summed E-state index contributed by atoms with van der Waals surface area (Å²) >= 11 is 0. The number of alkyl halides is 3. The number of hydrogen-bond donors (Lipinski definition) is 0. The molecule has 0 aliphatic heterocycles. The molecule has 9 heteroatoms. The number of unbranched alkanes of at least 4 members (excludes halogenated alkanes) is 1. The second kappa shape index (κ2) is 6.98. The molecule has 2 rings (SSSR count). The molecule has 0 aliphatic rings. The highest BCUT2D eigenvalue weighted by atomic mass is 19.4. The SMILES string of the molecule is CCCCN(C)C(=O)c1ccc(-c2noc(C(F)(F)F)n2)cc1F. The summed E-state index contributed by atoms with van der Waals surface area (Å²) in [5, 5.41) is 3.18. The molecular weight excluding hydrogens is 330 g/mol. The van der Waals surface area contributed by atoms with Gasteiger partial charge in [-0.25, -0.2) is 4.39 Å². The Balaban J connectivity index is 2.23. The number of nitrogens with zero attached hydrogens (tertiary/aromatic N) is 3. The number of hydrogen-bond acceptors (Lipinski definition) is 4. The van der Waals surface area contributed by atoms with Crippen LogP contribution in [0, 0.1) is 5.82 Å². The minimum atomic E-state index is -4.78. The molecule has 1 heterocycles. The Morgan fingerprint density at radius 1 is 1.33 bits per heavy atom. The van der Waals surface area contributed by atoms with E-state index in [1.165, 1.54) is 17.0 Å². The minimum absolute atomic E-state index is 0.0143. The summed E-state index contributed by atoms with van der Waals surface area (Å²) in [6, 6.07) is 3.37. The number of amides is 1. The third kappa shape index (κ3) is 3.90. The van der Waals surface area contributed by atoms with Gasteiger partial charge in [-0.2, -0.15) is 18.2 Å². The average Bonchev–Trinajstić information content (AvgIpc) is 3.02. The molecule has 1 aromatic heterocycles. The van der Waals surface area contributed by atoms with Crippen LogP contribution in [-0.2, 0) is 6.18 Å². The van der Waals surface area contributed by atoms with Crippen LogP contribution in [-0.4, -0.2) is 34.5 Å². The van der Waals surface area contributed by atoms with Crippen molar-refractivity contribution in [2.24, 2.45) is 0 Å². The van der Waals surface area contributed by atoms with Gasteiger partial charge in [-0.15, -0.1) is 0 Å². The van der Waals surface area contributed by atoms with Crippen molar-refractivity contribution in [3.8, 4) is 11.4 Å². The Morgan fingerprint density at radius 3 is 2.58 bits per heavy atom. The molecule has 5 nitrogen and oxygen atoms in total. The molecule has 24 heavy (non-hydrogen) atoms. The van der Waals surface area contributed by atoms with Crippen LogP contribution in [0.2, 0.25) is 0 Å². The first-order chi connectivity index (χ1) is 11.2. The largest absolute Gasteiger partial charge is 0.471 e. The molecule has 0 N–H and O–H groups in total. The Morgan fingerprint density at radius 2 is 2.04 bits per heavy atom. The van der Waals surface area contributed by atoms with Gasteiger partial charge in [0.05, 0.1) is 5.56 Å². The van der Waals surface area contributed by atoms with Crippen LogP contribution in [0.15, 0.2) is 22.7 Å². The Labute approximate surface area is 135 Å². The van der Waals surface area contributed by atoms with Crippen molar-refractivity contribution in [1.82, 2.24) is 15.0 Å². The first-order valence-electron chi connectivity index (χ1n) is 7.20. The molecule has 1 aromatic carbocycles. The van der Waals surface area contributed by atoms with Crippen LogP contribution in [0.4, 0.5) is 17.6 Å². The van der Waals surface area contributed by atoms with Gasteiger partial charge >= 0.3 is 12.1 Å². The molecule has 0 atom stereocenters. The van der Waals surface area contributed by atoms with Gasteiger partial charge in [0.1, 0.15) is 5.82 Å². The van der Waals surface area contributed by atoms with Crippen LogP contribution in [0.5, 0.6) is 0 Å². The highest BCUT2D eigenvalue weighted by molar-refractivity contribution is 5.94. The van der Waals surface area contributed by atoms with Gasteiger partial charge in [0.15, 0.2) is 0 Å². The maximum atomic E-state index is 14.2. The highest BCUT2D eigenvalue weighted by Crippen LogP contribution is 2.29. The Kier molecular flexibility index (Phi) is 5.20. The van der Waals surface area contributed by atoms with E-state index in [2.05, 4.69) is 14.7 Å². The molecule has 1 amide bonds. The van der Waals surface area contributed by atoms with E-state index in [0.717, 1.165) is 18.9 Å². The fraction of sp³-hybridized carbons (Fsp3) is 0.400. The molecule has 0 spiro atoms. The van der Waals surface area contributed by atoms with E-state index < -0.39 is 29.6 Å². The van der Waals surface area contributed by atoms with Gasteiger partial charge in [-0.1, -0.05) is 24.6 Å². The lowest BCUT2D eigenvalue weighted by atomic mass is 10.1. The molecule has 2 aromatic rings. The molecule has 0 aliphatic carbocycles. The lowest BCUT2D eigenvalue weighted by Gasteiger charge is -2.17. The van der Waals surface area contributed by atoms with Gasteiger partial charge in [0, 0.05) is 19.2 Å². The second-order valence-corrected chi connectivity index (χ2v) is 5.20. The summed E-state index contributed by atoms with van der Waals surface area (Å²) in [5.41, 5.74) is -0.184. The fourth-order valence-corrected chi connectivity index (χ4v) is 1.99. The molecule has 0 fully saturated rings. The normalized spacial score (nSPS) is 11.6. The lowest BCUT2D eigenvalue weighted by molar-refractivity contribution is -0.159. The van der Waals surface area contributed by atoms with E-state index in [1.807, 2.05) is 6.92 Å². The van der Waals surface area contributed by atoms with E-state index in [0.29, 0.717) is 6.54 Å². The molecular formula is C15H15F4N3O2. The maximum Gasteiger partial charge on any atom is 0.471 e. The number of aromatic nitrogens is 2. The van der Waals surface area contributed by atoms with Crippen LogP contribution in [0.25, 0.3) is 11.4 Å². The highest BCUT2D eigenvalue weighted by Gasteiger charge is 2.38. The van der Waals surface area contributed by atoms with E-state index in [9.17, 15) is 22.4 Å². The smallest absolute Gasteiger partial charge is 0.342 e. The number of carbonyl (C=O) groups is 1. The monoisotopic (exact) mass is 345 g/mol. The quantitative estimate of drug-likeness (QED) is 0.774. The minimum Gasteiger partial charge on any atom is -0.342 e. The lowest BCUT2D eigenvalue weighted by Crippen LogP contribution is -2.28. The van der Waals surface area contributed by atoms with E-state index in [4.69, 9.17) is 0 Å². The van der Waals surface area contributed by atoms with Gasteiger partial charge in [0.25, 0.3) is 5.91 Å². The van der Waals surface area contributed by atoms with Crippen molar-refractivity contribution in [2.45, 2.75) is 25.9 Å². The Bertz CT molecular complexity index is 728. The molecule has 0 unspecified atom stereocenters. The average molecular weight is 345 g/mol. The summed E-state index contributed by atoms with van der Waals surface area (Å²) in [4.78, 5) is 16.7. The van der Waals surface area contributed by atoms with Crippen molar-refractivity contribution in [1.29, 1.82) is 0 Å². The summed E-state index contributed by atoms with van der Waals surface area (Å²) < 4.78 is 55.6. The zero-order valence-electron chi connectivity index (χ0n) is 13.0. The molecule has 0 saturated heterocycles. The van der Waals surface area contributed by atoms with Crippen molar-refractivity contribution in [2.75, 3.05) is 13.6 Å². The molecule has 0 saturated carbocycles.